The molecule has 4 nitrogen and oxygen atoms in total. The number of amides is 1. The molecule has 2 aliphatic heterocycles. The third kappa shape index (κ3) is 2.84. The number of rotatable bonds is 2. The van der Waals surface area contributed by atoms with E-state index in [9.17, 15) is 27.9 Å². The summed E-state index contributed by atoms with van der Waals surface area (Å²) in [6.07, 6.45) is -2.46. The van der Waals surface area contributed by atoms with E-state index in [1.807, 2.05) is 0 Å². The molecular weight excluding hydrogens is 291 g/mol. The molecule has 0 bridgehead atoms. The van der Waals surface area contributed by atoms with E-state index >= 15 is 0 Å². The van der Waals surface area contributed by atoms with Gasteiger partial charge in [0.15, 0.2) is 0 Å². The molecule has 0 atom stereocenters. The molecule has 1 amide bonds. The predicted octanol–water partition coefficient (Wildman–Crippen LogP) is 2.52. The maximum Gasteiger partial charge on any atom is 0.471 e. The van der Waals surface area contributed by atoms with E-state index in [1.165, 1.54) is 0 Å². The maximum atomic E-state index is 12.3. The summed E-state index contributed by atoms with van der Waals surface area (Å²) in [5.74, 6) is -3.50. The molecule has 2 heterocycles. The first-order chi connectivity index (χ1) is 9.19. The van der Waals surface area contributed by atoms with Crippen molar-refractivity contribution >= 4 is 20.0 Å². The summed E-state index contributed by atoms with van der Waals surface area (Å²) in [5.41, 5.74) is -1.73. The van der Waals surface area contributed by atoms with Crippen LogP contribution in [-0.2, 0) is 9.59 Å². The molecule has 2 rings (SSSR count). The van der Waals surface area contributed by atoms with Crippen LogP contribution in [0, 0.1) is 0 Å². The van der Waals surface area contributed by atoms with Gasteiger partial charge in [0.2, 0.25) is 0 Å². The Morgan fingerprint density at radius 2 is 1.55 bits per heavy atom. The molecule has 2 fully saturated rings. The van der Waals surface area contributed by atoms with Gasteiger partial charge in [0.05, 0.1) is 8.07 Å². The first-order valence-corrected chi connectivity index (χ1v) is 9.65. The molecule has 0 aromatic carbocycles. The quantitative estimate of drug-likeness (QED) is 0.770. The summed E-state index contributed by atoms with van der Waals surface area (Å²) < 4.78 is 37.0. The molecule has 114 valence electrons. The number of hydrogen-bond donors (Lipinski definition) is 2. The zero-order chi connectivity index (χ0) is 15.0. The molecule has 0 saturated carbocycles. The molecule has 0 radical (unpaired) electrons. The number of carboxylic acids is 1. The van der Waals surface area contributed by atoms with Crippen LogP contribution in [0.5, 0.6) is 0 Å². The number of aliphatic carboxylic acids is 1. The van der Waals surface area contributed by atoms with Gasteiger partial charge < -0.3 is 10.4 Å². The van der Waals surface area contributed by atoms with Crippen LogP contribution in [-0.4, -0.2) is 36.8 Å². The molecule has 0 aromatic rings. The highest BCUT2D eigenvalue weighted by Crippen LogP contribution is 2.45. The highest BCUT2D eigenvalue weighted by Gasteiger charge is 2.52. The molecule has 0 aliphatic carbocycles. The first kappa shape index (κ1) is 15.3. The topological polar surface area (TPSA) is 66.4 Å². The second-order valence-corrected chi connectivity index (χ2v) is 11.0. The van der Waals surface area contributed by atoms with Gasteiger partial charge >= 0.3 is 18.1 Å². The average Bonchev–Trinajstić information content (AvgIpc) is 2.80. The summed E-state index contributed by atoms with van der Waals surface area (Å²) >= 11 is 0. The Kier molecular flexibility index (Phi) is 3.87. The lowest BCUT2D eigenvalue weighted by Gasteiger charge is -2.41. The first-order valence-electron chi connectivity index (χ1n) is 6.82. The van der Waals surface area contributed by atoms with Crippen molar-refractivity contribution in [2.24, 2.45) is 0 Å². The van der Waals surface area contributed by atoms with Gasteiger partial charge in [0.1, 0.15) is 5.54 Å². The molecule has 8 heteroatoms. The van der Waals surface area contributed by atoms with E-state index < -0.39 is 31.7 Å². The Hall–Kier alpha value is -1.05. The molecule has 2 saturated heterocycles. The fourth-order valence-corrected chi connectivity index (χ4v) is 8.93. The third-order valence-corrected chi connectivity index (χ3v) is 10.3. The zero-order valence-corrected chi connectivity index (χ0v) is 12.1. The normalized spacial score (nSPS) is 24.6. The van der Waals surface area contributed by atoms with Crippen molar-refractivity contribution in [2.45, 2.75) is 61.6 Å². The van der Waals surface area contributed by atoms with Gasteiger partial charge in [-0.1, -0.05) is 37.0 Å². The van der Waals surface area contributed by atoms with Crippen LogP contribution in [0.2, 0.25) is 24.2 Å². The van der Waals surface area contributed by atoms with E-state index in [0.717, 1.165) is 24.9 Å². The maximum absolute atomic E-state index is 12.3. The number of carboxylic acid groups (broad SMARTS) is 1. The second kappa shape index (κ2) is 5.05. The number of nitrogens with one attached hydrogen (secondary N) is 1. The van der Waals surface area contributed by atoms with E-state index in [1.54, 1.807) is 5.32 Å². The Labute approximate surface area is 115 Å². The lowest BCUT2D eigenvalue weighted by Crippen LogP contribution is -2.61. The van der Waals surface area contributed by atoms with Crippen LogP contribution in [0.1, 0.15) is 25.7 Å². The number of carbonyl (C=O) groups is 2. The second-order valence-electron chi connectivity index (χ2n) is 6.05. The standard InChI is InChI=1S/C12H18F3NO3Si/c13-12(14,15)9(17)16-11(10(18)19)3-7-20(8-4-11)5-1-2-6-20/h1-8H2,(H,16,17)(H,18,19). The lowest BCUT2D eigenvalue weighted by molar-refractivity contribution is -0.178. The number of halogens is 3. The minimum atomic E-state index is -5.04. The van der Waals surface area contributed by atoms with Gasteiger partial charge in [-0.25, -0.2) is 4.79 Å². The summed E-state index contributed by atoms with van der Waals surface area (Å²) in [6.45, 7) is 0. The lowest BCUT2D eigenvalue weighted by atomic mass is 9.92. The Balaban J connectivity index is 2.09. The van der Waals surface area contributed by atoms with Crippen molar-refractivity contribution in [2.75, 3.05) is 0 Å². The van der Waals surface area contributed by atoms with Gasteiger partial charge in [-0.15, -0.1) is 0 Å². The minimum absolute atomic E-state index is 0.135. The fraction of sp³-hybridized carbons (Fsp3) is 0.833. The summed E-state index contributed by atoms with van der Waals surface area (Å²) in [4.78, 5) is 22.4. The van der Waals surface area contributed by atoms with Gasteiger partial charge in [0, 0.05) is 0 Å². The number of hydrogen-bond acceptors (Lipinski definition) is 2. The van der Waals surface area contributed by atoms with Crippen LogP contribution in [0.25, 0.3) is 0 Å². The van der Waals surface area contributed by atoms with Crippen molar-refractivity contribution < 1.29 is 27.9 Å². The van der Waals surface area contributed by atoms with Crippen molar-refractivity contribution in [3.63, 3.8) is 0 Å². The Morgan fingerprint density at radius 1 is 1.05 bits per heavy atom. The molecule has 1 spiro atoms. The predicted molar refractivity (Wildman–Crippen MR) is 68.0 cm³/mol. The van der Waals surface area contributed by atoms with Crippen LogP contribution in [0.15, 0.2) is 0 Å². The highest BCUT2D eigenvalue weighted by atomic mass is 28.3. The van der Waals surface area contributed by atoms with E-state index in [2.05, 4.69) is 0 Å². The summed E-state index contributed by atoms with van der Waals surface area (Å²) in [6, 6.07) is 3.71. The average molecular weight is 309 g/mol. The van der Waals surface area contributed by atoms with E-state index in [0.29, 0.717) is 12.1 Å². The van der Waals surface area contributed by atoms with Crippen LogP contribution in [0.3, 0.4) is 0 Å². The van der Waals surface area contributed by atoms with Crippen molar-refractivity contribution in [1.82, 2.24) is 5.32 Å². The summed E-state index contributed by atoms with van der Waals surface area (Å²) in [7, 11) is -1.45. The fourth-order valence-electron chi connectivity index (χ4n) is 3.51. The van der Waals surface area contributed by atoms with Crippen LogP contribution >= 0.6 is 0 Å². The van der Waals surface area contributed by atoms with Crippen LogP contribution in [0.4, 0.5) is 13.2 Å². The summed E-state index contributed by atoms with van der Waals surface area (Å²) in [5, 5.41) is 11.0. The molecule has 20 heavy (non-hydrogen) atoms. The monoisotopic (exact) mass is 309 g/mol. The van der Waals surface area contributed by atoms with Gasteiger partial charge in [0.25, 0.3) is 0 Å². The molecule has 0 unspecified atom stereocenters. The largest absolute Gasteiger partial charge is 0.480 e. The van der Waals surface area contributed by atoms with E-state index in [-0.39, 0.29) is 12.8 Å². The third-order valence-electron chi connectivity index (χ3n) is 4.85. The molecule has 2 N–H and O–H groups in total. The van der Waals surface area contributed by atoms with Gasteiger partial charge in [-0.2, -0.15) is 13.2 Å². The Morgan fingerprint density at radius 3 is 1.95 bits per heavy atom. The molecule has 0 aromatic heterocycles. The minimum Gasteiger partial charge on any atom is -0.480 e. The number of carbonyl (C=O) groups excluding carboxylic acids is 1. The van der Waals surface area contributed by atoms with Crippen molar-refractivity contribution in [3.8, 4) is 0 Å². The van der Waals surface area contributed by atoms with Gasteiger partial charge in [-0.05, 0) is 12.8 Å². The van der Waals surface area contributed by atoms with Crippen molar-refractivity contribution in [1.29, 1.82) is 0 Å². The van der Waals surface area contributed by atoms with Crippen molar-refractivity contribution in [3.05, 3.63) is 0 Å². The number of alkyl halides is 3. The van der Waals surface area contributed by atoms with E-state index in [4.69, 9.17) is 0 Å². The molecule has 2 aliphatic rings. The van der Waals surface area contributed by atoms with Crippen LogP contribution < -0.4 is 5.32 Å². The van der Waals surface area contributed by atoms with Gasteiger partial charge in [-0.3, -0.25) is 4.79 Å². The Bertz CT molecular complexity index is 409. The zero-order valence-electron chi connectivity index (χ0n) is 11.1. The highest BCUT2D eigenvalue weighted by molar-refractivity contribution is 6.80. The smallest absolute Gasteiger partial charge is 0.471 e. The molecular formula is C12H18F3NO3Si. The SMILES string of the molecule is O=C(NC1(C(=O)O)CC[Si]2(CCCC2)CC1)C(F)(F)F.